The molecule has 1 fully saturated rings. The van der Waals surface area contributed by atoms with Crippen molar-refractivity contribution in [1.82, 2.24) is 24.8 Å². The molecule has 3 heterocycles. The van der Waals surface area contributed by atoms with E-state index in [1.165, 1.54) is 0 Å². The number of likely N-dealkylation sites (N-methyl/N-ethyl adjacent to an activating group) is 1. The van der Waals surface area contributed by atoms with Crippen molar-refractivity contribution in [3.8, 4) is 0 Å². The topological polar surface area (TPSA) is 97.2 Å². The van der Waals surface area contributed by atoms with E-state index in [1.54, 1.807) is 6.20 Å². The first-order valence-corrected chi connectivity index (χ1v) is 7.71. The van der Waals surface area contributed by atoms with Gasteiger partial charge in [-0.2, -0.15) is 9.97 Å². The van der Waals surface area contributed by atoms with Crippen molar-refractivity contribution in [3.63, 3.8) is 0 Å². The van der Waals surface area contributed by atoms with E-state index < -0.39 is 0 Å². The molecule has 2 aromatic heterocycles. The average molecular weight is 301 g/mol. The van der Waals surface area contributed by atoms with Crippen molar-refractivity contribution in [1.29, 1.82) is 0 Å². The number of nitrogens with zero attached hydrogens (tertiary/aromatic N) is 5. The normalized spacial score (nSPS) is 17.1. The van der Waals surface area contributed by atoms with Gasteiger partial charge in [0.1, 0.15) is 5.82 Å². The fourth-order valence-electron chi connectivity index (χ4n) is 2.94. The second-order valence-electron chi connectivity index (χ2n) is 5.88. The number of fused-ring (bicyclic) bond motifs is 1. The van der Waals surface area contributed by atoms with Crippen molar-refractivity contribution >= 4 is 22.8 Å². The van der Waals surface area contributed by atoms with Crippen molar-refractivity contribution in [2.24, 2.45) is 0 Å². The molecule has 0 saturated carbocycles. The maximum Gasteiger partial charge on any atom is 0.224 e. The standard InChI is InChI=1S/C15H23N7/c1-21-7-9-22(10-8-21)6-2-3-11-4-5-18-14-12(11)13(16)19-15(17)20-14/h4-5H,2-3,6-10H2,1H3,(H4,16,17,18,19,20). The van der Waals surface area contributed by atoms with Crippen LogP contribution in [-0.4, -0.2) is 64.5 Å². The molecule has 22 heavy (non-hydrogen) atoms. The number of aromatic nitrogens is 3. The van der Waals surface area contributed by atoms with E-state index in [-0.39, 0.29) is 5.95 Å². The summed E-state index contributed by atoms with van der Waals surface area (Å²) >= 11 is 0. The predicted octanol–water partition coefficient (Wildman–Crippen LogP) is 0.369. The van der Waals surface area contributed by atoms with Gasteiger partial charge in [-0.05, 0) is 38.1 Å². The lowest BCUT2D eigenvalue weighted by Gasteiger charge is -2.32. The summed E-state index contributed by atoms with van der Waals surface area (Å²) in [7, 11) is 2.18. The summed E-state index contributed by atoms with van der Waals surface area (Å²) in [5, 5.41) is 0.843. The fraction of sp³-hybridized carbons (Fsp3) is 0.533. The van der Waals surface area contributed by atoms with Crippen LogP contribution in [0.3, 0.4) is 0 Å². The highest BCUT2D eigenvalue weighted by atomic mass is 15.2. The fourth-order valence-corrected chi connectivity index (χ4v) is 2.94. The molecule has 7 nitrogen and oxygen atoms in total. The second-order valence-corrected chi connectivity index (χ2v) is 5.88. The number of nitrogens with two attached hydrogens (primary N) is 2. The van der Waals surface area contributed by atoms with Crippen LogP contribution in [0.2, 0.25) is 0 Å². The smallest absolute Gasteiger partial charge is 0.224 e. The summed E-state index contributed by atoms with van der Waals surface area (Å²) in [6.07, 6.45) is 3.80. The molecule has 118 valence electrons. The molecule has 2 aromatic rings. The van der Waals surface area contributed by atoms with Crippen LogP contribution in [0.1, 0.15) is 12.0 Å². The molecule has 0 atom stereocenters. The van der Waals surface area contributed by atoms with E-state index in [2.05, 4.69) is 31.8 Å². The first-order chi connectivity index (χ1) is 10.6. The Balaban J connectivity index is 1.67. The summed E-state index contributed by atoms with van der Waals surface area (Å²) in [5.74, 6) is 0.595. The second kappa shape index (κ2) is 6.41. The minimum Gasteiger partial charge on any atom is -0.383 e. The van der Waals surface area contributed by atoms with Gasteiger partial charge in [-0.3, -0.25) is 0 Å². The van der Waals surface area contributed by atoms with Crippen LogP contribution in [-0.2, 0) is 6.42 Å². The Labute approximate surface area is 130 Å². The minimum absolute atomic E-state index is 0.173. The van der Waals surface area contributed by atoms with E-state index in [0.717, 1.165) is 56.5 Å². The molecule has 0 aromatic carbocycles. The lowest BCUT2D eigenvalue weighted by atomic mass is 10.1. The molecule has 1 aliphatic rings. The van der Waals surface area contributed by atoms with E-state index in [9.17, 15) is 0 Å². The van der Waals surface area contributed by atoms with E-state index in [0.29, 0.717) is 11.5 Å². The van der Waals surface area contributed by atoms with Crippen LogP contribution in [0.15, 0.2) is 12.3 Å². The first kappa shape index (κ1) is 14.9. The number of pyridine rings is 1. The molecule has 0 amide bonds. The van der Waals surface area contributed by atoms with Crippen LogP contribution in [0, 0.1) is 0 Å². The Morgan fingerprint density at radius 2 is 1.91 bits per heavy atom. The summed E-state index contributed by atoms with van der Waals surface area (Å²) in [5.41, 5.74) is 13.4. The lowest BCUT2D eigenvalue weighted by Crippen LogP contribution is -2.44. The Morgan fingerprint density at radius 1 is 1.14 bits per heavy atom. The zero-order chi connectivity index (χ0) is 15.5. The molecule has 7 heteroatoms. The van der Waals surface area contributed by atoms with Gasteiger partial charge in [0.15, 0.2) is 5.65 Å². The number of nitrogen functional groups attached to an aromatic ring is 2. The Hall–Kier alpha value is -1.99. The largest absolute Gasteiger partial charge is 0.383 e. The third-order valence-electron chi connectivity index (χ3n) is 4.25. The third-order valence-corrected chi connectivity index (χ3v) is 4.25. The zero-order valence-electron chi connectivity index (χ0n) is 13.0. The van der Waals surface area contributed by atoms with Gasteiger partial charge in [-0.1, -0.05) is 0 Å². The predicted molar refractivity (Wildman–Crippen MR) is 88.4 cm³/mol. The number of piperazine rings is 1. The van der Waals surface area contributed by atoms with Crippen LogP contribution >= 0.6 is 0 Å². The number of anilines is 2. The number of aryl methyl sites for hydroxylation is 1. The monoisotopic (exact) mass is 301 g/mol. The van der Waals surface area contributed by atoms with E-state index in [4.69, 9.17) is 11.5 Å². The summed E-state index contributed by atoms with van der Waals surface area (Å²) in [4.78, 5) is 17.3. The van der Waals surface area contributed by atoms with E-state index >= 15 is 0 Å². The number of rotatable bonds is 4. The van der Waals surface area contributed by atoms with Gasteiger partial charge in [0, 0.05) is 32.4 Å². The van der Waals surface area contributed by atoms with Gasteiger partial charge in [-0.25, -0.2) is 4.98 Å². The van der Waals surface area contributed by atoms with Gasteiger partial charge in [0.25, 0.3) is 0 Å². The van der Waals surface area contributed by atoms with Crippen molar-refractivity contribution < 1.29 is 0 Å². The van der Waals surface area contributed by atoms with E-state index in [1.807, 2.05) is 6.07 Å². The van der Waals surface area contributed by atoms with Gasteiger partial charge >= 0.3 is 0 Å². The Morgan fingerprint density at radius 3 is 2.68 bits per heavy atom. The van der Waals surface area contributed by atoms with Crippen molar-refractivity contribution in [3.05, 3.63) is 17.8 Å². The minimum atomic E-state index is 0.173. The molecule has 0 spiro atoms. The van der Waals surface area contributed by atoms with Crippen LogP contribution in [0.5, 0.6) is 0 Å². The molecule has 4 N–H and O–H groups in total. The maximum atomic E-state index is 6.00. The summed E-state index contributed by atoms with van der Waals surface area (Å²) < 4.78 is 0. The summed E-state index contributed by atoms with van der Waals surface area (Å²) in [6.45, 7) is 5.70. The number of hydrogen-bond acceptors (Lipinski definition) is 7. The summed E-state index contributed by atoms with van der Waals surface area (Å²) in [6, 6.07) is 2.00. The van der Waals surface area contributed by atoms with Crippen molar-refractivity contribution in [2.75, 3.05) is 51.2 Å². The number of hydrogen-bond donors (Lipinski definition) is 2. The molecule has 0 aliphatic carbocycles. The van der Waals surface area contributed by atoms with Gasteiger partial charge in [0.2, 0.25) is 5.95 Å². The maximum absolute atomic E-state index is 6.00. The average Bonchev–Trinajstić information content (AvgIpc) is 2.49. The molecule has 0 radical (unpaired) electrons. The SMILES string of the molecule is CN1CCN(CCCc2ccnc3nc(N)nc(N)c23)CC1. The molecule has 1 aliphatic heterocycles. The third kappa shape index (κ3) is 3.26. The lowest BCUT2D eigenvalue weighted by molar-refractivity contribution is 0.153. The molecule has 0 unspecified atom stereocenters. The molecule has 0 bridgehead atoms. The highest BCUT2D eigenvalue weighted by Gasteiger charge is 2.14. The van der Waals surface area contributed by atoms with Crippen LogP contribution in [0.25, 0.3) is 11.0 Å². The highest BCUT2D eigenvalue weighted by molar-refractivity contribution is 5.89. The Bertz CT molecular complexity index is 650. The molecular formula is C15H23N7. The highest BCUT2D eigenvalue weighted by Crippen LogP contribution is 2.22. The quantitative estimate of drug-likeness (QED) is 0.842. The molecule has 1 saturated heterocycles. The first-order valence-electron chi connectivity index (χ1n) is 7.71. The van der Waals surface area contributed by atoms with Gasteiger partial charge in [-0.15, -0.1) is 0 Å². The van der Waals surface area contributed by atoms with Gasteiger partial charge < -0.3 is 21.3 Å². The van der Waals surface area contributed by atoms with Crippen LogP contribution in [0.4, 0.5) is 11.8 Å². The molecular weight excluding hydrogens is 278 g/mol. The zero-order valence-corrected chi connectivity index (χ0v) is 13.0. The molecule has 3 rings (SSSR count). The Kier molecular flexibility index (Phi) is 4.35. The van der Waals surface area contributed by atoms with Crippen LogP contribution < -0.4 is 11.5 Å². The van der Waals surface area contributed by atoms with Crippen molar-refractivity contribution in [2.45, 2.75) is 12.8 Å². The van der Waals surface area contributed by atoms with Gasteiger partial charge in [0.05, 0.1) is 5.39 Å².